The maximum atomic E-state index is 11.9. The van der Waals surface area contributed by atoms with E-state index in [9.17, 15) is 9.59 Å². The molecule has 20 heavy (non-hydrogen) atoms. The first-order valence-corrected chi connectivity index (χ1v) is 6.27. The van der Waals surface area contributed by atoms with Crippen LogP contribution in [0.1, 0.15) is 27.9 Å². The number of carbonyl (C=O) groups excluding carboxylic acids is 2. The zero-order valence-electron chi connectivity index (χ0n) is 11.6. The van der Waals surface area contributed by atoms with Crippen molar-refractivity contribution in [1.82, 2.24) is 10.6 Å². The van der Waals surface area contributed by atoms with Gasteiger partial charge in [-0.25, -0.2) is 0 Å². The molecule has 0 aliphatic rings. The Labute approximate surface area is 118 Å². The summed E-state index contributed by atoms with van der Waals surface area (Å²) < 4.78 is 0. The molecule has 0 bridgehead atoms. The van der Waals surface area contributed by atoms with E-state index in [4.69, 9.17) is 5.11 Å². The Hall–Kier alpha value is -2.32. The molecule has 0 spiro atoms. The van der Waals surface area contributed by atoms with E-state index in [1.807, 2.05) is 6.92 Å². The van der Waals surface area contributed by atoms with Crippen molar-refractivity contribution in [3.05, 3.63) is 34.9 Å². The molecule has 1 rings (SSSR count). The summed E-state index contributed by atoms with van der Waals surface area (Å²) in [5.74, 6) is 5.04. The number of aliphatic hydroxyl groups excluding tert-OH is 1. The molecular weight excluding hydrogens is 256 g/mol. The van der Waals surface area contributed by atoms with Crippen molar-refractivity contribution in [2.45, 2.75) is 13.3 Å². The molecule has 5 heteroatoms. The fraction of sp³-hybridized carbons (Fsp3) is 0.333. The van der Waals surface area contributed by atoms with E-state index in [0.717, 1.165) is 11.1 Å². The molecule has 5 nitrogen and oxygen atoms in total. The Morgan fingerprint density at radius 1 is 1.35 bits per heavy atom. The second-order valence-corrected chi connectivity index (χ2v) is 4.17. The molecule has 0 atom stereocenters. The first kappa shape index (κ1) is 15.7. The molecule has 0 aliphatic carbocycles. The summed E-state index contributed by atoms with van der Waals surface area (Å²) in [4.78, 5) is 22.9. The van der Waals surface area contributed by atoms with Gasteiger partial charge in [-0.05, 0) is 30.7 Å². The Kier molecular flexibility index (Phi) is 6.27. The highest BCUT2D eigenvalue weighted by atomic mass is 16.2. The van der Waals surface area contributed by atoms with Crippen molar-refractivity contribution in [2.75, 3.05) is 20.2 Å². The minimum absolute atomic E-state index is 0.115. The van der Waals surface area contributed by atoms with Gasteiger partial charge >= 0.3 is 0 Å². The standard InChI is InChI=1S/C15H18N2O3/c1-11-10-13(6-5-12(11)4-3-9-18)15(20)17-8-7-14(19)16-2/h5-6,10,18H,7-9H2,1-2H3,(H,16,19)(H,17,20). The Morgan fingerprint density at radius 3 is 2.70 bits per heavy atom. The molecule has 3 N–H and O–H groups in total. The lowest BCUT2D eigenvalue weighted by atomic mass is 10.0. The van der Waals surface area contributed by atoms with E-state index in [1.165, 1.54) is 0 Å². The number of hydrogen-bond acceptors (Lipinski definition) is 3. The summed E-state index contributed by atoms with van der Waals surface area (Å²) in [6.07, 6.45) is 0.251. The molecule has 106 valence electrons. The van der Waals surface area contributed by atoms with Crippen LogP contribution in [0.15, 0.2) is 18.2 Å². The fourth-order valence-electron chi connectivity index (χ4n) is 1.60. The first-order chi connectivity index (χ1) is 9.58. The van der Waals surface area contributed by atoms with Crippen molar-refractivity contribution in [3.63, 3.8) is 0 Å². The van der Waals surface area contributed by atoms with E-state index >= 15 is 0 Å². The Balaban J connectivity index is 2.65. The fourth-order valence-corrected chi connectivity index (χ4v) is 1.60. The van der Waals surface area contributed by atoms with Crippen LogP contribution in [0.5, 0.6) is 0 Å². The van der Waals surface area contributed by atoms with Crippen molar-refractivity contribution < 1.29 is 14.7 Å². The van der Waals surface area contributed by atoms with Gasteiger partial charge in [0.25, 0.3) is 5.91 Å². The van der Waals surface area contributed by atoms with E-state index < -0.39 is 0 Å². The van der Waals surface area contributed by atoms with Crippen LogP contribution < -0.4 is 10.6 Å². The molecule has 0 saturated heterocycles. The lowest BCUT2D eigenvalue weighted by molar-refractivity contribution is -0.120. The highest BCUT2D eigenvalue weighted by molar-refractivity contribution is 5.94. The predicted octanol–water partition coefficient (Wildman–Crippen LogP) is 0.205. The van der Waals surface area contributed by atoms with E-state index in [2.05, 4.69) is 22.5 Å². The van der Waals surface area contributed by atoms with Gasteiger partial charge in [-0.3, -0.25) is 9.59 Å². The highest BCUT2D eigenvalue weighted by Gasteiger charge is 2.07. The zero-order chi connectivity index (χ0) is 15.0. The van der Waals surface area contributed by atoms with Gasteiger partial charge in [-0.15, -0.1) is 0 Å². The third-order valence-corrected chi connectivity index (χ3v) is 2.71. The molecule has 0 aliphatic heterocycles. The summed E-state index contributed by atoms with van der Waals surface area (Å²) in [7, 11) is 1.56. The van der Waals surface area contributed by atoms with Gasteiger partial charge in [0.1, 0.15) is 6.61 Å². The number of aliphatic hydroxyl groups is 1. The van der Waals surface area contributed by atoms with Crippen LogP contribution in [0.3, 0.4) is 0 Å². The van der Waals surface area contributed by atoms with Crippen LogP contribution in [-0.4, -0.2) is 37.1 Å². The van der Waals surface area contributed by atoms with Crippen molar-refractivity contribution >= 4 is 11.8 Å². The molecule has 0 aromatic heterocycles. The van der Waals surface area contributed by atoms with Crippen molar-refractivity contribution in [1.29, 1.82) is 0 Å². The number of nitrogens with one attached hydrogen (secondary N) is 2. The van der Waals surface area contributed by atoms with Gasteiger partial charge in [0.2, 0.25) is 5.91 Å². The van der Waals surface area contributed by atoms with Crippen LogP contribution >= 0.6 is 0 Å². The number of amides is 2. The average Bonchev–Trinajstić information content (AvgIpc) is 2.45. The van der Waals surface area contributed by atoms with Gasteiger partial charge < -0.3 is 15.7 Å². The van der Waals surface area contributed by atoms with Crippen molar-refractivity contribution in [2.24, 2.45) is 0 Å². The Morgan fingerprint density at radius 2 is 2.10 bits per heavy atom. The van der Waals surface area contributed by atoms with Gasteiger partial charge in [-0.1, -0.05) is 11.8 Å². The molecule has 0 radical (unpaired) electrons. The maximum absolute atomic E-state index is 11.9. The summed E-state index contributed by atoms with van der Waals surface area (Å²) >= 11 is 0. The van der Waals surface area contributed by atoms with Gasteiger partial charge in [0.05, 0.1) is 0 Å². The third kappa shape index (κ3) is 4.75. The molecule has 1 aromatic rings. The normalized spacial score (nSPS) is 9.35. The van der Waals surface area contributed by atoms with Crippen LogP contribution in [0.4, 0.5) is 0 Å². The van der Waals surface area contributed by atoms with E-state index in [1.54, 1.807) is 25.2 Å². The average molecular weight is 274 g/mol. The Bertz CT molecular complexity index is 556. The van der Waals surface area contributed by atoms with Crippen LogP contribution in [0.25, 0.3) is 0 Å². The van der Waals surface area contributed by atoms with Gasteiger partial charge in [-0.2, -0.15) is 0 Å². The number of hydrogen-bond donors (Lipinski definition) is 3. The minimum Gasteiger partial charge on any atom is -0.384 e. The molecule has 0 saturated carbocycles. The topological polar surface area (TPSA) is 78.4 Å². The minimum atomic E-state index is -0.223. The van der Waals surface area contributed by atoms with Crippen LogP contribution in [-0.2, 0) is 4.79 Å². The van der Waals surface area contributed by atoms with E-state index in [-0.39, 0.29) is 24.8 Å². The predicted molar refractivity (Wildman–Crippen MR) is 76.2 cm³/mol. The lowest BCUT2D eigenvalue weighted by Crippen LogP contribution is -2.29. The molecule has 2 amide bonds. The summed E-state index contributed by atoms with van der Waals surface area (Å²) in [6, 6.07) is 5.14. The second-order valence-electron chi connectivity index (χ2n) is 4.17. The van der Waals surface area contributed by atoms with Gasteiger partial charge in [0.15, 0.2) is 0 Å². The molecule has 0 heterocycles. The number of rotatable bonds is 4. The SMILES string of the molecule is CNC(=O)CCNC(=O)c1ccc(C#CCO)c(C)c1. The number of carbonyl (C=O) groups is 2. The molecule has 1 aromatic carbocycles. The number of aryl methyl sites for hydroxylation is 1. The second kappa shape index (κ2) is 7.97. The molecule has 0 unspecified atom stereocenters. The largest absolute Gasteiger partial charge is 0.384 e. The number of benzene rings is 1. The maximum Gasteiger partial charge on any atom is 0.251 e. The first-order valence-electron chi connectivity index (χ1n) is 6.27. The summed E-state index contributed by atoms with van der Waals surface area (Å²) in [6.45, 7) is 1.95. The van der Waals surface area contributed by atoms with E-state index in [0.29, 0.717) is 12.1 Å². The zero-order valence-corrected chi connectivity index (χ0v) is 11.6. The van der Waals surface area contributed by atoms with Gasteiger partial charge in [0, 0.05) is 31.1 Å². The van der Waals surface area contributed by atoms with Crippen LogP contribution in [0.2, 0.25) is 0 Å². The van der Waals surface area contributed by atoms with Crippen molar-refractivity contribution in [3.8, 4) is 11.8 Å². The summed E-state index contributed by atoms with van der Waals surface area (Å²) in [5, 5.41) is 13.8. The summed E-state index contributed by atoms with van der Waals surface area (Å²) in [5.41, 5.74) is 2.17. The highest BCUT2D eigenvalue weighted by Crippen LogP contribution is 2.10. The van der Waals surface area contributed by atoms with Crippen LogP contribution in [0, 0.1) is 18.8 Å². The smallest absolute Gasteiger partial charge is 0.251 e. The molecule has 0 fully saturated rings. The molecular formula is C15H18N2O3. The third-order valence-electron chi connectivity index (χ3n) is 2.71. The monoisotopic (exact) mass is 274 g/mol. The lowest BCUT2D eigenvalue weighted by Gasteiger charge is -2.06. The quantitative estimate of drug-likeness (QED) is 0.687.